The Kier molecular flexibility index (Phi) is 3.17. The third-order valence-electron chi connectivity index (χ3n) is 2.02. The molecule has 1 heterocycles. The van der Waals surface area contributed by atoms with Gasteiger partial charge in [-0.2, -0.15) is 0 Å². The number of nitrogens with one attached hydrogen (secondary N) is 1. The van der Waals surface area contributed by atoms with Crippen molar-refractivity contribution in [2.75, 3.05) is 5.32 Å². The number of rotatable bonds is 2. The van der Waals surface area contributed by atoms with Gasteiger partial charge in [0.25, 0.3) is 5.91 Å². The van der Waals surface area contributed by atoms with Crippen LogP contribution in [-0.2, 0) is 0 Å². The van der Waals surface area contributed by atoms with Crippen LogP contribution >= 0.6 is 23.1 Å². The molecule has 0 fully saturated rings. The van der Waals surface area contributed by atoms with Crippen LogP contribution in [0, 0.1) is 6.92 Å². The Hall–Kier alpha value is -1.46. The van der Waals surface area contributed by atoms with Crippen molar-refractivity contribution in [3.63, 3.8) is 0 Å². The molecule has 6 heteroatoms. The fourth-order valence-electron chi connectivity index (χ4n) is 1.13. The largest absolute Gasteiger partial charge is 0.321 e. The number of carbonyl (C=O) groups is 1. The average molecular weight is 254 g/mol. The van der Waals surface area contributed by atoms with Gasteiger partial charge in [-0.25, -0.2) is 0 Å². The number of aryl methyl sites for hydroxylation is 1. The maximum atomic E-state index is 11.6. The lowest BCUT2D eigenvalue weighted by Gasteiger charge is -2.04. The van der Waals surface area contributed by atoms with Crippen molar-refractivity contribution in [2.45, 2.75) is 6.92 Å². The summed E-state index contributed by atoms with van der Waals surface area (Å²) in [7, 11) is 0. The molecule has 0 bridgehead atoms. The molecule has 0 aliphatic rings. The maximum absolute atomic E-state index is 11.6. The summed E-state index contributed by atoms with van der Waals surface area (Å²) < 4.78 is 3.62. The second-order valence-corrected chi connectivity index (χ2v) is 4.23. The monoisotopic (exact) mass is 253 g/mol. The lowest BCUT2D eigenvalue weighted by molar-refractivity contribution is 0.102. The van der Waals surface area contributed by atoms with E-state index in [1.165, 1.54) is 0 Å². The summed E-state index contributed by atoms with van der Waals surface area (Å²) in [5.41, 5.74) is 1.92. The van der Waals surface area contributed by atoms with Gasteiger partial charge >= 0.3 is 0 Å². The quantitative estimate of drug-likeness (QED) is 0.895. The van der Waals surface area contributed by atoms with Crippen molar-refractivity contribution in [2.24, 2.45) is 0 Å². The number of aromatic nitrogens is 2. The summed E-state index contributed by atoms with van der Waals surface area (Å²) in [6.45, 7) is 1.90. The Balaban J connectivity index is 2.15. The number of halogens is 1. The molecule has 1 aromatic heterocycles. The van der Waals surface area contributed by atoms with Gasteiger partial charge in [0.15, 0.2) is 5.69 Å². The number of nitrogens with zero attached hydrogens (tertiary/aromatic N) is 2. The summed E-state index contributed by atoms with van der Waals surface area (Å²) >= 11 is 7.08. The number of amides is 1. The molecule has 0 aliphatic carbocycles. The molecule has 2 aromatic rings. The predicted molar refractivity (Wildman–Crippen MR) is 64.1 cm³/mol. The summed E-state index contributed by atoms with van der Waals surface area (Å²) in [5, 5.41) is 8.58. The number of carbonyl (C=O) groups excluding carboxylic acids is 1. The normalized spacial score (nSPS) is 10.1. The molecule has 0 saturated carbocycles. The molecule has 0 unspecified atom stereocenters. The van der Waals surface area contributed by atoms with E-state index in [0.717, 1.165) is 17.1 Å². The minimum atomic E-state index is -0.284. The third kappa shape index (κ3) is 2.37. The van der Waals surface area contributed by atoms with Crippen molar-refractivity contribution in [1.82, 2.24) is 9.59 Å². The van der Waals surface area contributed by atoms with Crippen molar-refractivity contribution < 1.29 is 4.79 Å². The van der Waals surface area contributed by atoms with E-state index < -0.39 is 0 Å². The molecule has 1 aromatic carbocycles. The topological polar surface area (TPSA) is 54.9 Å². The van der Waals surface area contributed by atoms with Gasteiger partial charge in [0, 0.05) is 16.1 Å². The van der Waals surface area contributed by atoms with Gasteiger partial charge in [0.2, 0.25) is 0 Å². The van der Waals surface area contributed by atoms with Crippen LogP contribution in [0.1, 0.15) is 16.1 Å². The third-order valence-corrected chi connectivity index (χ3v) is 2.93. The highest BCUT2D eigenvalue weighted by molar-refractivity contribution is 7.03. The SMILES string of the molecule is Cc1ccc(NC(=O)c2csnn2)cc1Cl. The Labute approximate surface area is 101 Å². The average Bonchev–Trinajstić information content (AvgIpc) is 2.77. The van der Waals surface area contributed by atoms with Crippen LogP contribution in [0.2, 0.25) is 5.02 Å². The first kappa shape index (κ1) is 11.0. The second-order valence-electron chi connectivity index (χ2n) is 3.21. The Morgan fingerprint density at radius 3 is 2.94 bits per heavy atom. The fraction of sp³-hybridized carbons (Fsp3) is 0.100. The summed E-state index contributed by atoms with van der Waals surface area (Å²) in [6.07, 6.45) is 0. The van der Waals surface area contributed by atoms with E-state index in [9.17, 15) is 4.79 Å². The minimum Gasteiger partial charge on any atom is -0.321 e. The van der Waals surface area contributed by atoms with Gasteiger partial charge < -0.3 is 5.32 Å². The zero-order valence-corrected chi connectivity index (χ0v) is 9.97. The van der Waals surface area contributed by atoms with Gasteiger partial charge in [-0.15, -0.1) is 5.10 Å². The highest BCUT2D eigenvalue weighted by atomic mass is 35.5. The summed E-state index contributed by atoms with van der Waals surface area (Å²) in [4.78, 5) is 11.6. The number of hydrogen-bond donors (Lipinski definition) is 1. The van der Waals surface area contributed by atoms with E-state index in [1.807, 2.05) is 13.0 Å². The molecule has 16 heavy (non-hydrogen) atoms. The molecule has 0 radical (unpaired) electrons. The lowest BCUT2D eigenvalue weighted by Crippen LogP contribution is -2.12. The molecular weight excluding hydrogens is 246 g/mol. The molecule has 82 valence electrons. The fourth-order valence-corrected chi connectivity index (χ4v) is 1.75. The molecule has 0 atom stereocenters. The molecule has 2 rings (SSSR count). The van der Waals surface area contributed by atoms with E-state index in [2.05, 4.69) is 14.9 Å². The van der Waals surface area contributed by atoms with Crippen LogP contribution < -0.4 is 5.32 Å². The van der Waals surface area contributed by atoms with Crippen molar-refractivity contribution in [3.05, 3.63) is 39.9 Å². The second kappa shape index (κ2) is 4.59. The van der Waals surface area contributed by atoms with E-state index in [4.69, 9.17) is 11.6 Å². The Bertz CT molecular complexity index is 513. The first-order chi connectivity index (χ1) is 7.66. The summed E-state index contributed by atoms with van der Waals surface area (Å²) in [6, 6.07) is 5.34. The number of hydrogen-bond acceptors (Lipinski definition) is 4. The minimum absolute atomic E-state index is 0.284. The van der Waals surface area contributed by atoms with Gasteiger partial charge in [-0.05, 0) is 36.2 Å². The van der Waals surface area contributed by atoms with Crippen LogP contribution in [-0.4, -0.2) is 15.5 Å². The predicted octanol–water partition coefficient (Wildman–Crippen LogP) is 2.75. The Morgan fingerprint density at radius 1 is 1.50 bits per heavy atom. The van der Waals surface area contributed by atoms with Gasteiger partial charge in [-0.3, -0.25) is 4.79 Å². The zero-order chi connectivity index (χ0) is 11.5. The molecule has 0 spiro atoms. The highest BCUT2D eigenvalue weighted by Gasteiger charge is 2.09. The van der Waals surface area contributed by atoms with E-state index in [0.29, 0.717) is 16.4 Å². The van der Waals surface area contributed by atoms with Crippen molar-refractivity contribution >= 4 is 34.7 Å². The van der Waals surface area contributed by atoms with Gasteiger partial charge in [-0.1, -0.05) is 22.2 Å². The summed E-state index contributed by atoms with van der Waals surface area (Å²) in [5.74, 6) is -0.284. The van der Waals surface area contributed by atoms with Crippen LogP contribution in [0.25, 0.3) is 0 Å². The van der Waals surface area contributed by atoms with Crippen molar-refractivity contribution in [1.29, 1.82) is 0 Å². The zero-order valence-electron chi connectivity index (χ0n) is 8.40. The van der Waals surface area contributed by atoms with Crippen LogP contribution in [0.4, 0.5) is 5.69 Å². The Morgan fingerprint density at radius 2 is 2.31 bits per heavy atom. The highest BCUT2D eigenvalue weighted by Crippen LogP contribution is 2.20. The van der Waals surface area contributed by atoms with Gasteiger partial charge in [0.05, 0.1) is 0 Å². The lowest BCUT2D eigenvalue weighted by atomic mass is 10.2. The number of anilines is 1. The molecule has 1 N–H and O–H groups in total. The van der Waals surface area contributed by atoms with E-state index >= 15 is 0 Å². The number of benzene rings is 1. The van der Waals surface area contributed by atoms with Crippen LogP contribution in [0.3, 0.4) is 0 Å². The molecule has 1 amide bonds. The van der Waals surface area contributed by atoms with E-state index in [1.54, 1.807) is 17.5 Å². The van der Waals surface area contributed by atoms with Crippen LogP contribution in [0.5, 0.6) is 0 Å². The first-order valence-corrected chi connectivity index (χ1v) is 5.73. The first-order valence-electron chi connectivity index (χ1n) is 4.51. The molecule has 4 nitrogen and oxygen atoms in total. The van der Waals surface area contributed by atoms with Crippen LogP contribution in [0.15, 0.2) is 23.6 Å². The molecule has 0 aliphatic heterocycles. The standard InChI is InChI=1S/C10H8ClN3OS/c1-6-2-3-7(4-8(6)11)12-10(15)9-5-16-14-13-9/h2-5H,1H3,(H,12,15). The molecular formula is C10H8ClN3OS. The smallest absolute Gasteiger partial charge is 0.277 e. The van der Waals surface area contributed by atoms with Gasteiger partial charge in [0.1, 0.15) is 0 Å². The maximum Gasteiger partial charge on any atom is 0.277 e. The van der Waals surface area contributed by atoms with Crippen molar-refractivity contribution in [3.8, 4) is 0 Å². The van der Waals surface area contributed by atoms with E-state index in [-0.39, 0.29) is 5.91 Å². The molecule has 0 saturated heterocycles.